The molecule has 0 fully saturated rings. The molecule has 28 heavy (non-hydrogen) atoms. The lowest BCUT2D eigenvalue weighted by molar-refractivity contribution is 0.0934. The number of amides is 1. The van der Waals surface area contributed by atoms with E-state index in [2.05, 4.69) is 10.3 Å². The minimum atomic E-state index is -0.494. The smallest absolute Gasteiger partial charge is 0.261 e. The quantitative estimate of drug-likeness (QED) is 0.680. The molecule has 0 unspecified atom stereocenters. The van der Waals surface area contributed by atoms with Crippen molar-refractivity contribution in [1.29, 1.82) is 0 Å². The number of carbonyl (C=O) groups is 1. The minimum Gasteiger partial charge on any atom is -0.496 e. The Morgan fingerprint density at radius 1 is 1.14 bits per heavy atom. The van der Waals surface area contributed by atoms with Crippen LogP contribution in [0.15, 0.2) is 53.3 Å². The third-order valence-electron chi connectivity index (χ3n) is 4.50. The van der Waals surface area contributed by atoms with Crippen molar-refractivity contribution in [3.8, 4) is 5.75 Å². The van der Waals surface area contributed by atoms with Gasteiger partial charge in [0.05, 0.1) is 42.8 Å². The summed E-state index contributed by atoms with van der Waals surface area (Å²) in [4.78, 5) is 30.3. The number of nitrogens with zero attached hydrogens (tertiary/aromatic N) is 2. The summed E-state index contributed by atoms with van der Waals surface area (Å²) in [7, 11) is 3.09. The first kappa shape index (κ1) is 19.6. The molecular formula is C21H23N3O4. The summed E-state index contributed by atoms with van der Waals surface area (Å²) in [6.07, 6.45) is 0. The average molecular weight is 381 g/mol. The number of rotatable bonds is 7. The number of methoxy groups -OCH3 is 2. The van der Waals surface area contributed by atoms with Gasteiger partial charge in [0.2, 0.25) is 0 Å². The van der Waals surface area contributed by atoms with Gasteiger partial charge in [-0.05, 0) is 31.2 Å². The van der Waals surface area contributed by atoms with E-state index >= 15 is 0 Å². The van der Waals surface area contributed by atoms with Crippen LogP contribution in [-0.2, 0) is 11.3 Å². The summed E-state index contributed by atoms with van der Waals surface area (Å²) >= 11 is 0. The molecule has 146 valence electrons. The fourth-order valence-electron chi connectivity index (χ4n) is 3.09. The largest absolute Gasteiger partial charge is 0.496 e. The van der Waals surface area contributed by atoms with Crippen molar-refractivity contribution in [3.63, 3.8) is 0 Å². The molecule has 0 saturated carbocycles. The highest BCUT2D eigenvalue weighted by Gasteiger charge is 2.20. The summed E-state index contributed by atoms with van der Waals surface area (Å²) in [6, 6.07) is 13.7. The second-order valence-electron chi connectivity index (χ2n) is 6.33. The Labute approximate surface area is 162 Å². The first-order valence-corrected chi connectivity index (χ1v) is 8.99. The average Bonchev–Trinajstić information content (AvgIpc) is 2.72. The molecule has 0 aliphatic carbocycles. The fraction of sp³-hybridized carbons (Fsp3) is 0.286. The van der Waals surface area contributed by atoms with Crippen LogP contribution in [0.1, 0.15) is 29.1 Å². The Morgan fingerprint density at radius 2 is 1.86 bits per heavy atom. The molecule has 7 heteroatoms. The standard InChI is InChI=1S/C21H23N3O4/c1-14(22-20(25)16-9-5-7-11-18(16)28-3)19-23-17-10-6-4-8-15(17)21(26)24(19)12-13-27-2/h4-11,14H,12-13H2,1-3H3,(H,22,25)/t14-/m1/s1. The number of hydrogen-bond donors (Lipinski definition) is 1. The Balaban J connectivity index is 1.99. The van der Waals surface area contributed by atoms with Crippen LogP contribution in [-0.4, -0.2) is 36.3 Å². The van der Waals surface area contributed by atoms with Gasteiger partial charge in [-0.15, -0.1) is 0 Å². The van der Waals surface area contributed by atoms with Crippen molar-refractivity contribution in [2.75, 3.05) is 20.8 Å². The Morgan fingerprint density at radius 3 is 2.61 bits per heavy atom. The number of nitrogens with one attached hydrogen (secondary N) is 1. The maximum Gasteiger partial charge on any atom is 0.261 e. The molecule has 1 amide bonds. The van der Waals surface area contributed by atoms with Gasteiger partial charge >= 0.3 is 0 Å². The molecule has 0 spiro atoms. The zero-order valence-electron chi connectivity index (χ0n) is 16.1. The molecule has 2 aromatic carbocycles. The van der Waals surface area contributed by atoms with E-state index < -0.39 is 6.04 Å². The highest BCUT2D eigenvalue weighted by Crippen LogP contribution is 2.19. The van der Waals surface area contributed by atoms with Crippen LogP contribution in [0.3, 0.4) is 0 Å². The number of benzene rings is 2. The van der Waals surface area contributed by atoms with Crippen molar-refractivity contribution < 1.29 is 14.3 Å². The zero-order chi connectivity index (χ0) is 20.1. The van der Waals surface area contributed by atoms with Crippen molar-refractivity contribution in [3.05, 3.63) is 70.3 Å². The molecule has 3 aromatic rings. The van der Waals surface area contributed by atoms with Gasteiger partial charge in [-0.1, -0.05) is 24.3 Å². The molecule has 3 rings (SSSR count). The molecule has 1 N–H and O–H groups in total. The molecule has 1 atom stereocenters. The first-order valence-electron chi connectivity index (χ1n) is 8.99. The molecule has 0 bridgehead atoms. The normalized spacial score (nSPS) is 12.0. The minimum absolute atomic E-state index is 0.156. The van der Waals surface area contributed by atoms with Crippen molar-refractivity contribution >= 4 is 16.8 Å². The highest BCUT2D eigenvalue weighted by atomic mass is 16.5. The van der Waals surface area contributed by atoms with Gasteiger partial charge in [-0.2, -0.15) is 0 Å². The summed E-state index contributed by atoms with van der Waals surface area (Å²) in [5.41, 5.74) is 0.856. The van der Waals surface area contributed by atoms with Gasteiger partial charge in [-0.25, -0.2) is 4.98 Å². The maximum absolute atomic E-state index is 13.0. The topological polar surface area (TPSA) is 82.4 Å². The monoisotopic (exact) mass is 381 g/mol. The van der Waals surface area contributed by atoms with E-state index in [0.717, 1.165) is 0 Å². The van der Waals surface area contributed by atoms with E-state index in [0.29, 0.717) is 41.2 Å². The number of aromatic nitrogens is 2. The zero-order valence-corrected chi connectivity index (χ0v) is 16.1. The molecule has 0 saturated heterocycles. The summed E-state index contributed by atoms with van der Waals surface area (Å²) < 4.78 is 12.0. The van der Waals surface area contributed by atoms with Crippen molar-refractivity contribution in [2.24, 2.45) is 0 Å². The number of carbonyl (C=O) groups excluding carboxylic acids is 1. The molecule has 0 aliphatic heterocycles. The molecular weight excluding hydrogens is 358 g/mol. The number of ether oxygens (including phenoxy) is 2. The number of para-hydroxylation sites is 2. The molecule has 1 heterocycles. The van der Waals surface area contributed by atoms with Gasteiger partial charge in [0, 0.05) is 7.11 Å². The molecule has 1 aromatic heterocycles. The lowest BCUT2D eigenvalue weighted by Crippen LogP contribution is -2.34. The van der Waals surface area contributed by atoms with E-state index in [1.54, 1.807) is 61.1 Å². The highest BCUT2D eigenvalue weighted by molar-refractivity contribution is 5.97. The summed E-state index contributed by atoms with van der Waals surface area (Å²) in [6.45, 7) is 2.50. The lowest BCUT2D eigenvalue weighted by atomic mass is 10.1. The summed E-state index contributed by atoms with van der Waals surface area (Å²) in [5.74, 6) is 0.657. The van der Waals surface area contributed by atoms with Crippen LogP contribution in [0.5, 0.6) is 5.75 Å². The predicted octanol–water partition coefficient (Wildman–Crippen LogP) is 2.54. The van der Waals surface area contributed by atoms with Crippen LogP contribution < -0.4 is 15.6 Å². The SMILES string of the molecule is COCCn1c([C@@H](C)NC(=O)c2ccccc2OC)nc2ccccc2c1=O. The van der Waals surface area contributed by atoms with E-state index in [1.165, 1.54) is 7.11 Å². The van der Waals surface area contributed by atoms with Crippen LogP contribution >= 0.6 is 0 Å². The van der Waals surface area contributed by atoms with E-state index in [-0.39, 0.29) is 11.5 Å². The second-order valence-corrected chi connectivity index (χ2v) is 6.33. The first-order chi connectivity index (χ1) is 13.6. The Hall–Kier alpha value is -3.19. The van der Waals surface area contributed by atoms with Crippen LogP contribution in [0, 0.1) is 0 Å². The van der Waals surface area contributed by atoms with Crippen molar-refractivity contribution in [2.45, 2.75) is 19.5 Å². The van der Waals surface area contributed by atoms with E-state index in [4.69, 9.17) is 9.47 Å². The van der Waals surface area contributed by atoms with Gasteiger partial charge in [0.25, 0.3) is 11.5 Å². The third-order valence-corrected chi connectivity index (χ3v) is 4.50. The Bertz CT molecular complexity index is 1050. The Kier molecular flexibility index (Phi) is 6.06. The van der Waals surface area contributed by atoms with E-state index in [9.17, 15) is 9.59 Å². The predicted molar refractivity (Wildman–Crippen MR) is 107 cm³/mol. The molecule has 7 nitrogen and oxygen atoms in total. The number of hydrogen-bond acceptors (Lipinski definition) is 5. The number of fused-ring (bicyclic) bond motifs is 1. The third kappa shape index (κ3) is 3.89. The van der Waals surface area contributed by atoms with Gasteiger partial charge in [-0.3, -0.25) is 14.2 Å². The fourth-order valence-corrected chi connectivity index (χ4v) is 3.09. The molecule has 0 aliphatic rings. The van der Waals surface area contributed by atoms with E-state index in [1.807, 2.05) is 6.07 Å². The maximum atomic E-state index is 13.0. The van der Waals surface area contributed by atoms with Crippen LogP contribution in [0.25, 0.3) is 10.9 Å². The van der Waals surface area contributed by atoms with Crippen LogP contribution in [0.4, 0.5) is 0 Å². The van der Waals surface area contributed by atoms with Gasteiger partial charge < -0.3 is 14.8 Å². The van der Waals surface area contributed by atoms with Crippen molar-refractivity contribution in [1.82, 2.24) is 14.9 Å². The lowest BCUT2D eigenvalue weighted by Gasteiger charge is -2.20. The van der Waals surface area contributed by atoms with Gasteiger partial charge in [0.1, 0.15) is 11.6 Å². The summed E-state index contributed by atoms with van der Waals surface area (Å²) in [5, 5.41) is 3.45. The van der Waals surface area contributed by atoms with Crippen LogP contribution in [0.2, 0.25) is 0 Å². The molecule has 0 radical (unpaired) electrons. The van der Waals surface area contributed by atoms with Gasteiger partial charge in [0.15, 0.2) is 0 Å². The second kappa shape index (κ2) is 8.67.